The minimum Gasteiger partial charge on any atom is -0.345 e. The molecule has 1 atom stereocenters. The topological polar surface area (TPSA) is 45.2 Å². The molecular formula is C26H35N3O. The molecule has 1 aliphatic carbocycles. The van der Waals surface area contributed by atoms with Crippen molar-refractivity contribution in [2.75, 3.05) is 19.6 Å². The van der Waals surface area contributed by atoms with Gasteiger partial charge in [-0.2, -0.15) is 0 Å². The van der Waals surface area contributed by atoms with Crippen molar-refractivity contribution in [2.45, 2.75) is 64.3 Å². The third kappa shape index (κ3) is 4.59. The molecule has 2 heterocycles. The molecule has 30 heavy (non-hydrogen) atoms. The van der Waals surface area contributed by atoms with Crippen LogP contribution < -0.4 is 5.32 Å². The van der Waals surface area contributed by atoms with Crippen LogP contribution in [0.15, 0.2) is 48.8 Å². The largest absolute Gasteiger partial charge is 0.345 e. The number of amides is 1. The van der Waals surface area contributed by atoms with Crippen LogP contribution >= 0.6 is 0 Å². The van der Waals surface area contributed by atoms with Gasteiger partial charge in [0.25, 0.3) is 5.91 Å². The van der Waals surface area contributed by atoms with Crippen LogP contribution in [0.1, 0.15) is 80.4 Å². The number of nitrogens with zero attached hydrogens (tertiary/aromatic N) is 2. The molecule has 1 amide bonds. The van der Waals surface area contributed by atoms with Gasteiger partial charge in [-0.3, -0.25) is 9.78 Å². The second-order valence-corrected chi connectivity index (χ2v) is 10.3. The number of nitrogens with one attached hydrogen (secondary N) is 1. The SMILES string of the molecule is CC(C)(C)CCN1CCC2(CC[C@@H](NC(=O)c3cccnc3)c3ccccc32)CC1. The lowest BCUT2D eigenvalue weighted by Gasteiger charge is -2.47. The number of carbonyl (C=O) groups is 1. The Labute approximate surface area is 181 Å². The predicted octanol–water partition coefficient (Wildman–Crippen LogP) is 5.12. The highest BCUT2D eigenvalue weighted by molar-refractivity contribution is 5.94. The monoisotopic (exact) mass is 405 g/mol. The number of aromatic nitrogens is 1. The maximum Gasteiger partial charge on any atom is 0.253 e. The Morgan fingerprint density at radius 2 is 1.90 bits per heavy atom. The summed E-state index contributed by atoms with van der Waals surface area (Å²) in [6, 6.07) is 12.5. The van der Waals surface area contributed by atoms with Crippen LogP contribution in [0.3, 0.4) is 0 Å². The highest BCUT2D eigenvalue weighted by Gasteiger charge is 2.42. The van der Waals surface area contributed by atoms with E-state index in [-0.39, 0.29) is 17.4 Å². The Bertz CT molecular complexity index is 863. The summed E-state index contributed by atoms with van der Waals surface area (Å²) in [5, 5.41) is 3.27. The molecule has 0 saturated carbocycles. The summed E-state index contributed by atoms with van der Waals surface area (Å²) in [4.78, 5) is 19.5. The van der Waals surface area contributed by atoms with Crippen molar-refractivity contribution in [2.24, 2.45) is 5.41 Å². The van der Waals surface area contributed by atoms with E-state index in [1.54, 1.807) is 12.4 Å². The Balaban J connectivity index is 1.47. The summed E-state index contributed by atoms with van der Waals surface area (Å²) >= 11 is 0. The number of likely N-dealkylation sites (tertiary alicyclic amines) is 1. The fraction of sp³-hybridized carbons (Fsp3) is 0.538. The summed E-state index contributed by atoms with van der Waals surface area (Å²) in [5.41, 5.74) is 4.06. The molecule has 1 aromatic heterocycles. The highest BCUT2D eigenvalue weighted by Crippen LogP contribution is 2.48. The number of fused-ring (bicyclic) bond motifs is 2. The molecule has 1 aromatic carbocycles. The van der Waals surface area contributed by atoms with Crippen molar-refractivity contribution >= 4 is 5.91 Å². The van der Waals surface area contributed by atoms with Gasteiger partial charge in [0.1, 0.15) is 0 Å². The predicted molar refractivity (Wildman–Crippen MR) is 122 cm³/mol. The molecule has 0 radical (unpaired) electrons. The van der Waals surface area contributed by atoms with Crippen LogP contribution in [0.5, 0.6) is 0 Å². The number of rotatable bonds is 4. The number of hydrogen-bond acceptors (Lipinski definition) is 3. The van der Waals surface area contributed by atoms with Crippen LogP contribution in [0, 0.1) is 5.41 Å². The first-order valence-corrected chi connectivity index (χ1v) is 11.4. The van der Waals surface area contributed by atoms with E-state index in [1.165, 1.54) is 50.0 Å². The van der Waals surface area contributed by atoms with E-state index in [0.717, 1.165) is 12.8 Å². The van der Waals surface area contributed by atoms with E-state index in [4.69, 9.17) is 0 Å². The number of pyridine rings is 1. The lowest BCUT2D eigenvalue weighted by molar-refractivity contribution is 0.0914. The molecule has 2 aliphatic rings. The van der Waals surface area contributed by atoms with Gasteiger partial charge in [-0.1, -0.05) is 45.0 Å². The van der Waals surface area contributed by atoms with Gasteiger partial charge in [0, 0.05) is 12.4 Å². The maximum atomic E-state index is 12.7. The number of hydrogen-bond donors (Lipinski definition) is 1. The van der Waals surface area contributed by atoms with Crippen molar-refractivity contribution < 1.29 is 4.79 Å². The fourth-order valence-electron chi connectivity index (χ4n) is 5.10. The van der Waals surface area contributed by atoms with Crippen molar-refractivity contribution in [1.29, 1.82) is 0 Å². The molecule has 0 bridgehead atoms. The molecule has 1 fully saturated rings. The molecule has 0 unspecified atom stereocenters. The summed E-state index contributed by atoms with van der Waals surface area (Å²) in [7, 11) is 0. The Morgan fingerprint density at radius 3 is 2.60 bits per heavy atom. The van der Waals surface area contributed by atoms with Crippen LogP contribution in [0.25, 0.3) is 0 Å². The smallest absolute Gasteiger partial charge is 0.253 e. The average Bonchev–Trinajstić information content (AvgIpc) is 2.76. The minimum absolute atomic E-state index is 0.0316. The van der Waals surface area contributed by atoms with Crippen LogP contribution in [-0.4, -0.2) is 35.4 Å². The molecule has 1 aliphatic heterocycles. The zero-order chi connectivity index (χ0) is 21.2. The highest BCUT2D eigenvalue weighted by atomic mass is 16.1. The van der Waals surface area contributed by atoms with Crippen molar-refractivity contribution in [3.8, 4) is 0 Å². The zero-order valence-electron chi connectivity index (χ0n) is 18.7. The first-order chi connectivity index (χ1) is 14.4. The maximum absolute atomic E-state index is 12.7. The molecule has 4 rings (SSSR count). The standard InChI is InChI=1S/C26H35N3O/c1-25(2,3)12-16-29-17-13-26(14-18-29)11-10-23(21-8-4-5-9-22(21)26)28-24(30)20-7-6-15-27-19-20/h4-9,15,19,23H,10-14,16-18H2,1-3H3,(H,28,30)/t23-/m1/s1. The van der Waals surface area contributed by atoms with Gasteiger partial charge in [0.2, 0.25) is 0 Å². The normalized spacial score (nSPS) is 21.2. The first-order valence-electron chi connectivity index (χ1n) is 11.4. The number of benzene rings is 1. The van der Waals surface area contributed by atoms with Gasteiger partial charge in [0.05, 0.1) is 11.6 Å². The van der Waals surface area contributed by atoms with Crippen molar-refractivity contribution in [1.82, 2.24) is 15.2 Å². The molecule has 2 aromatic rings. The van der Waals surface area contributed by atoms with Gasteiger partial charge < -0.3 is 10.2 Å². The second kappa shape index (κ2) is 8.50. The molecule has 1 N–H and O–H groups in total. The van der Waals surface area contributed by atoms with E-state index in [2.05, 4.69) is 60.2 Å². The van der Waals surface area contributed by atoms with Crippen molar-refractivity contribution in [3.05, 3.63) is 65.5 Å². The molecule has 1 saturated heterocycles. The van der Waals surface area contributed by atoms with Gasteiger partial charge in [0.15, 0.2) is 0 Å². The summed E-state index contributed by atoms with van der Waals surface area (Å²) < 4.78 is 0. The third-order valence-electron chi connectivity index (χ3n) is 7.04. The lowest BCUT2D eigenvalue weighted by Crippen LogP contribution is -2.46. The van der Waals surface area contributed by atoms with Gasteiger partial charge >= 0.3 is 0 Å². The molecule has 1 spiro atoms. The van der Waals surface area contributed by atoms with Gasteiger partial charge in [-0.15, -0.1) is 0 Å². The minimum atomic E-state index is -0.0316. The molecule has 4 nitrogen and oxygen atoms in total. The zero-order valence-corrected chi connectivity index (χ0v) is 18.7. The van der Waals surface area contributed by atoms with Crippen LogP contribution in [0.2, 0.25) is 0 Å². The second-order valence-electron chi connectivity index (χ2n) is 10.3. The average molecular weight is 406 g/mol. The summed E-state index contributed by atoms with van der Waals surface area (Å²) in [6.07, 6.45) is 9.18. The van der Waals surface area contributed by atoms with E-state index in [9.17, 15) is 4.79 Å². The lowest BCUT2D eigenvalue weighted by atomic mass is 9.63. The van der Waals surface area contributed by atoms with E-state index in [1.807, 2.05) is 12.1 Å². The molecule has 4 heteroatoms. The first kappa shape index (κ1) is 21.0. The summed E-state index contributed by atoms with van der Waals surface area (Å²) in [5.74, 6) is -0.0316. The quantitative estimate of drug-likeness (QED) is 0.768. The van der Waals surface area contributed by atoms with Gasteiger partial charge in [-0.25, -0.2) is 0 Å². The Hall–Kier alpha value is -2.20. The fourth-order valence-corrected chi connectivity index (χ4v) is 5.10. The van der Waals surface area contributed by atoms with Crippen LogP contribution in [0.4, 0.5) is 0 Å². The molecular weight excluding hydrogens is 370 g/mol. The van der Waals surface area contributed by atoms with E-state index in [0.29, 0.717) is 11.0 Å². The third-order valence-corrected chi connectivity index (χ3v) is 7.04. The number of piperidine rings is 1. The summed E-state index contributed by atoms with van der Waals surface area (Å²) in [6.45, 7) is 10.5. The van der Waals surface area contributed by atoms with E-state index >= 15 is 0 Å². The van der Waals surface area contributed by atoms with Crippen LogP contribution in [-0.2, 0) is 5.41 Å². The Kier molecular flexibility index (Phi) is 5.97. The molecule has 160 valence electrons. The number of carbonyl (C=O) groups excluding carboxylic acids is 1. The Morgan fingerprint density at radius 1 is 1.13 bits per heavy atom. The van der Waals surface area contributed by atoms with E-state index < -0.39 is 0 Å². The van der Waals surface area contributed by atoms with Crippen molar-refractivity contribution in [3.63, 3.8) is 0 Å². The van der Waals surface area contributed by atoms with Gasteiger partial charge in [-0.05, 0) is 85.8 Å².